The van der Waals surface area contributed by atoms with Gasteiger partial charge in [0, 0.05) is 30.2 Å². The molecule has 0 bridgehead atoms. The fraction of sp³-hybridized carbons (Fsp3) is 0.385. The topological polar surface area (TPSA) is 34.0 Å². The first-order valence-corrected chi connectivity index (χ1v) is 6.88. The van der Waals surface area contributed by atoms with E-state index in [0.717, 1.165) is 4.57 Å². The number of alkyl halides is 3. The molecule has 2 aromatic rings. The van der Waals surface area contributed by atoms with E-state index in [1.54, 1.807) is 11.0 Å². The van der Waals surface area contributed by atoms with Crippen molar-refractivity contribution in [1.82, 2.24) is 19.7 Å². The van der Waals surface area contributed by atoms with Crippen LogP contribution in [0.1, 0.15) is 17.2 Å². The van der Waals surface area contributed by atoms with E-state index < -0.39 is 17.8 Å². The van der Waals surface area contributed by atoms with Gasteiger partial charge in [0.15, 0.2) is 0 Å². The van der Waals surface area contributed by atoms with Crippen LogP contribution in [0.15, 0.2) is 18.2 Å². The van der Waals surface area contributed by atoms with Crippen LogP contribution in [-0.2, 0) is 25.8 Å². The molecule has 2 heterocycles. The molecule has 1 aliphatic heterocycles. The van der Waals surface area contributed by atoms with E-state index in [1.807, 2.05) is 0 Å². The Hall–Kier alpha value is -1.67. The number of hydrogen-bond donors (Lipinski definition) is 0. The molecule has 1 aliphatic rings. The molecule has 0 saturated heterocycles. The van der Waals surface area contributed by atoms with Crippen molar-refractivity contribution in [2.45, 2.75) is 25.8 Å². The molecule has 0 unspecified atom stereocenters. The molecule has 9 heteroatoms. The third kappa shape index (κ3) is 2.80. The van der Waals surface area contributed by atoms with Crippen LogP contribution in [0.3, 0.4) is 0 Å². The highest BCUT2D eigenvalue weighted by Crippen LogP contribution is 2.30. The largest absolute Gasteiger partial charge is 0.451 e. The van der Waals surface area contributed by atoms with Gasteiger partial charge in [0.05, 0.1) is 6.54 Å². The first-order chi connectivity index (χ1) is 10.4. The van der Waals surface area contributed by atoms with Gasteiger partial charge in [-0.25, -0.2) is 4.39 Å². The zero-order chi connectivity index (χ0) is 15.9. The summed E-state index contributed by atoms with van der Waals surface area (Å²) in [5.41, 5.74) is 0.327. The number of fused-ring (bicyclic) bond motifs is 1. The van der Waals surface area contributed by atoms with Gasteiger partial charge < -0.3 is 4.57 Å². The molecular formula is C13H11ClF4N4. The van der Waals surface area contributed by atoms with E-state index in [2.05, 4.69) is 10.2 Å². The predicted octanol–water partition coefficient (Wildman–Crippen LogP) is 3.11. The monoisotopic (exact) mass is 334 g/mol. The lowest BCUT2D eigenvalue weighted by Gasteiger charge is -2.28. The molecule has 0 fully saturated rings. The number of nitrogens with zero attached hydrogens (tertiary/aromatic N) is 4. The Kier molecular flexibility index (Phi) is 3.82. The molecule has 0 radical (unpaired) electrons. The average Bonchev–Trinajstić information content (AvgIpc) is 2.86. The molecular weight excluding hydrogens is 324 g/mol. The second-order valence-corrected chi connectivity index (χ2v) is 5.41. The fourth-order valence-corrected chi connectivity index (χ4v) is 2.68. The summed E-state index contributed by atoms with van der Waals surface area (Å²) in [6.07, 6.45) is -4.53. The van der Waals surface area contributed by atoms with E-state index in [-0.39, 0.29) is 25.5 Å². The van der Waals surface area contributed by atoms with Gasteiger partial charge in [0.2, 0.25) is 5.82 Å². The maximum absolute atomic E-state index is 13.8. The van der Waals surface area contributed by atoms with Crippen LogP contribution in [0, 0.1) is 5.82 Å². The second-order valence-electron chi connectivity index (χ2n) is 5.00. The second kappa shape index (κ2) is 5.51. The van der Waals surface area contributed by atoms with Gasteiger partial charge in [0.1, 0.15) is 11.6 Å². The Morgan fingerprint density at radius 2 is 1.95 bits per heavy atom. The summed E-state index contributed by atoms with van der Waals surface area (Å²) in [6, 6.07) is 4.38. The molecule has 4 nitrogen and oxygen atoms in total. The van der Waals surface area contributed by atoms with Crippen molar-refractivity contribution < 1.29 is 17.6 Å². The van der Waals surface area contributed by atoms with Crippen molar-refractivity contribution >= 4 is 11.6 Å². The van der Waals surface area contributed by atoms with Crippen LogP contribution in [0.2, 0.25) is 5.02 Å². The summed E-state index contributed by atoms with van der Waals surface area (Å²) in [7, 11) is 0. The highest BCUT2D eigenvalue weighted by Gasteiger charge is 2.39. The molecule has 0 atom stereocenters. The fourth-order valence-electron chi connectivity index (χ4n) is 2.46. The Morgan fingerprint density at radius 1 is 1.18 bits per heavy atom. The van der Waals surface area contributed by atoms with Gasteiger partial charge >= 0.3 is 6.18 Å². The number of aromatic nitrogens is 3. The minimum Gasteiger partial charge on any atom is -0.305 e. The van der Waals surface area contributed by atoms with Crippen molar-refractivity contribution in [3.05, 3.63) is 46.3 Å². The smallest absolute Gasteiger partial charge is 0.305 e. The summed E-state index contributed by atoms with van der Waals surface area (Å²) < 4.78 is 53.1. The summed E-state index contributed by atoms with van der Waals surface area (Å²) in [6.45, 7) is 0.801. The molecule has 0 aliphatic carbocycles. The van der Waals surface area contributed by atoms with E-state index >= 15 is 0 Å². The Labute approximate surface area is 128 Å². The lowest BCUT2D eigenvalue weighted by molar-refractivity contribution is -0.148. The van der Waals surface area contributed by atoms with E-state index in [1.165, 1.54) is 12.1 Å². The van der Waals surface area contributed by atoms with Gasteiger partial charge in [-0.05, 0) is 12.1 Å². The highest BCUT2D eigenvalue weighted by molar-refractivity contribution is 6.31. The number of halogens is 5. The highest BCUT2D eigenvalue weighted by atomic mass is 35.5. The summed E-state index contributed by atoms with van der Waals surface area (Å²) in [5, 5.41) is 7.09. The minimum absolute atomic E-state index is 0.100. The normalized spacial score (nSPS) is 15.9. The van der Waals surface area contributed by atoms with E-state index in [0.29, 0.717) is 17.1 Å². The molecule has 1 aromatic heterocycles. The lowest BCUT2D eigenvalue weighted by atomic mass is 10.2. The van der Waals surface area contributed by atoms with Crippen molar-refractivity contribution in [2.75, 3.05) is 6.54 Å². The predicted molar refractivity (Wildman–Crippen MR) is 70.5 cm³/mol. The van der Waals surface area contributed by atoms with Crippen LogP contribution >= 0.6 is 11.6 Å². The van der Waals surface area contributed by atoms with E-state index in [9.17, 15) is 17.6 Å². The van der Waals surface area contributed by atoms with Crippen LogP contribution in [-0.4, -0.2) is 26.2 Å². The van der Waals surface area contributed by atoms with Gasteiger partial charge in [0.25, 0.3) is 0 Å². The van der Waals surface area contributed by atoms with Crippen molar-refractivity contribution in [3.63, 3.8) is 0 Å². The summed E-state index contributed by atoms with van der Waals surface area (Å²) in [5.74, 6) is -1.22. The minimum atomic E-state index is -4.53. The third-order valence-electron chi connectivity index (χ3n) is 3.53. The molecule has 22 heavy (non-hydrogen) atoms. The van der Waals surface area contributed by atoms with Gasteiger partial charge in [-0.15, -0.1) is 10.2 Å². The zero-order valence-electron chi connectivity index (χ0n) is 11.2. The molecule has 3 rings (SSSR count). The number of hydrogen-bond acceptors (Lipinski definition) is 3. The first kappa shape index (κ1) is 15.2. The van der Waals surface area contributed by atoms with Crippen molar-refractivity contribution in [1.29, 1.82) is 0 Å². The Bertz CT molecular complexity index is 678. The lowest BCUT2D eigenvalue weighted by Crippen LogP contribution is -2.35. The van der Waals surface area contributed by atoms with Crippen LogP contribution in [0.5, 0.6) is 0 Å². The maximum Gasteiger partial charge on any atom is 0.451 e. The Morgan fingerprint density at radius 3 is 2.64 bits per heavy atom. The van der Waals surface area contributed by atoms with Crippen molar-refractivity contribution in [3.8, 4) is 0 Å². The SMILES string of the molecule is Fc1cccc(Cl)c1CN1CCn2c(nnc2C(F)(F)F)C1. The molecule has 0 amide bonds. The average molecular weight is 335 g/mol. The van der Waals surface area contributed by atoms with Crippen LogP contribution in [0.4, 0.5) is 17.6 Å². The van der Waals surface area contributed by atoms with E-state index in [4.69, 9.17) is 11.6 Å². The number of rotatable bonds is 2. The summed E-state index contributed by atoms with van der Waals surface area (Å²) >= 11 is 5.96. The summed E-state index contributed by atoms with van der Waals surface area (Å²) in [4.78, 5) is 1.79. The Balaban J connectivity index is 1.80. The third-order valence-corrected chi connectivity index (χ3v) is 3.88. The van der Waals surface area contributed by atoms with Gasteiger partial charge in [-0.1, -0.05) is 17.7 Å². The quantitative estimate of drug-likeness (QED) is 0.791. The number of benzene rings is 1. The molecule has 118 valence electrons. The standard InChI is InChI=1S/C13H11ClF4N4/c14-9-2-1-3-10(15)8(9)6-21-4-5-22-11(7-21)19-20-12(22)13(16,17)18/h1-3H,4-7H2. The molecule has 0 N–H and O–H groups in total. The van der Waals surface area contributed by atoms with Gasteiger partial charge in [-0.2, -0.15) is 13.2 Å². The molecule has 1 aromatic carbocycles. The maximum atomic E-state index is 13.8. The first-order valence-electron chi connectivity index (χ1n) is 6.51. The molecule has 0 saturated carbocycles. The zero-order valence-corrected chi connectivity index (χ0v) is 12.0. The van der Waals surface area contributed by atoms with Gasteiger partial charge in [-0.3, -0.25) is 4.90 Å². The van der Waals surface area contributed by atoms with Crippen molar-refractivity contribution in [2.24, 2.45) is 0 Å². The van der Waals surface area contributed by atoms with Crippen LogP contribution < -0.4 is 0 Å². The molecule has 0 spiro atoms. The van der Waals surface area contributed by atoms with Crippen LogP contribution in [0.25, 0.3) is 0 Å².